The Labute approximate surface area is 224 Å². The van der Waals surface area contributed by atoms with Gasteiger partial charge in [-0.15, -0.1) is 0 Å². The summed E-state index contributed by atoms with van der Waals surface area (Å²) in [6.07, 6.45) is 1.13. The molecule has 0 spiro atoms. The fourth-order valence-electron chi connectivity index (χ4n) is 4.05. The van der Waals surface area contributed by atoms with Gasteiger partial charge in [-0.25, -0.2) is 9.67 Å². The summed E-state index contributed by atoms with van der Waals surface area (Å²) in [5.41, 5.74) is 0.357. The van der Waals surface area contributed by atoms with Crippen molar-refractivity contribution in [1.82, 2.24) is 24.3 Å². The van der Waals surface area contributed by atoms with Crippen LogP contribution in [0.1, 0.15) is 22.5 Å². The molecule has 4 heterocycles. The normalized spacial score (nSPS) is 11.7. The highest BCUT2D eigenvalue weighted by Crippen LogP contribution is 2.31. The molecule has 7 nitrogen and oxygen atoms in total. The standard InChI is InChI=1S/C26H18Cl2F3N5O2/c1-15-10-22(36-12-16(27)11-33-36)17-4-2-6-23(24(17)34-15)38-14-18-20(28)7-8-32-21(18)13-35-9-3-5-19(25(35)37)26(29,30)31/h2-12H,13-14H2,1H3. The Morgan fingerprint density at radius 3 is 2.66 bits per heavy atom. The van der Waals surface area contributed by atoms with Crippen LogP contribution in [0.25, 0.3) is 16.6 Å². The van der Waals surface area contributed by atoms with Gasteiger partial charge in [0.15, 0.2) is 0 Å². The largest absolute Gasteiger partial charge is 0.486 e. The molecule has 0 aliphatic heterocycles. The van der Waals surface area contributed by atoms with E-state index in [9.17, 15) is 18.0 Å². The lowest BCUT2D eigenvalue weighted by Crippen LogP contribution is -2.28. The van der Waals surface area contributed by atoms with Crippen LogP contribution < -0.4 is 10.3 Å². The third-order valence-electron chi connectivity index (χ3n) is 5.81. The van der Waals surface area contributed by atoms with E-state index < -0.39 is 17.3 Å². The number of halogens is 5. The molecule has 0 unspecified atom stereocenters. The summed E-state index contributed by atoms with van der Waals surface area (Å²) in [6, 6.07) is 10.8. The third-order valence-corrected chi connectivity index (χ3v) is 6.36. The minimum absolute atomic E-state index is 0.0621. The smallest absolute Gasteiger partial charge is 0.421 e. The second kappa shape index (κ2) is 10.1. The van der Waals surface area contributed by atoms with Crippen molar-refractivity contribution in [2.24, 2.45) is 0 Å². The van der Waals surface area contributed by atoms with Crippen LogP contribution in [0.5, 0.6) is 5.75 Å². The number of aryl methyl sites for hydroxylation is 1. The predicted octanol–water partition coefficient (Wildman–Crippen LogP) is 6.24. The van der Waals surface area contributed by atoms with Crippen LogP contribution in [0.2, 0.25) is 10.0 Å². The summed E-state index contributed by atoms with van der Waals surface area (Å²) in [5.74, 6) is 0.452. The molecule has 5 rings (SSSR count). The molecule has 0 atom stereocenters. The number of nitrogens with zero attached hydrogens (tertiary/aromatic N) is 5. The molecule has 0 aliphatic rings. The van der Waals surface area contributed by atoms with E-state index in [1.54, 1.807) is 29.1 Å². The first-order valence-electron chi connectivity index (χ1n) is 11.2. The number of benzene rings is 1. The maximum atomic E-state index is 13.2. The van der Waals surface area contributed by atoms with Gasteiger partial charge in [-0.1, -0.05) is 35.3 Å². The second-order valence-corrected chi connectivity index (χ2v) is 9.24. The van der Waals surface area contributed by atoms with Crippen molar-refractivity contribution < 1.29 is 17.9 Å². The van der Waals surface area contributed by atoms with E-state index in [0.29, 0.717) is 32.6 Å². The Morgan fingerprint density at radius 1 is 1.11 bits per heavy atom. The summed E-state index contributed by atoms with van der Waals surface area (Å²) in [5, 5.41) is 5.83. The van der Waals surface area contributed by atoms with E-state index in [1.165, 1.54) is 24.7 Å². The average Bonchev–Trinajstić information content (AvgIpc) is 3.30. The van der Waals surface area contributed by atoms with E-state index in [-0.39, 0.29) is 13.2 Å². The lowest BCUT2D eigenvalue weighted by Gasteiger charge is -2.16. The molecule has 0 N–H and O–H groups in total. The number of ether oxygens (including phenoxy) is 1. The lowest BCUT2D eigenvalue weighted by molar-refractivity contribution is -0.138. The minimum Gasteiger partial charge on any atom is -0.486 e. The zero-order valence-corrected chi connectivity index (χ0v) is 21.2. The molecule has 12 heteroatoms. The van der Waals surface area contributed by atoms with Crippen LogP contribution in [0.3, 0.4) is 0 Å². The Balaban J connectivity index is 1.49. The van der Waals surface area contributed by atoms with E-state index in [4.69, 9.17) is 27.9 Å². The van der Waals surface area contributed by atoms with Gasteiger partial charge >= 0.3 is 6.18 Å². The van der Waals surface area contributed by atoms with Gasteiger partial charge in [0.1, 0.15) is 23.4 Å². The predicted molar refractivity (Wildman–Crippen MR) is 137 cm³/mol. The number of para-hydroxylation sites is 1. The quantitative estimate of drug-likeness (QED) is 0.246. The first-order valence-corrected chi connectivity index (χ1v) is 12.0. The van der Waals surface area contributed by atoms with E-state index in [1.807, 2.05) is 19.1 Å². The number of hydrogen-bond acceptors (Lipinski definition) is 5. The van der Waals surface area contributed by atoms with Crippen LogP contribution in [0.15, 0.2) is 72.0 Å². The van der Waals surface area contributed by atoms with Crippen molar-refractivity contribution in [3.05, 3.63) is 110 Å². The second-order valence-electron chi connectivity index (χ2n) is 8.40. The summed E-state index contributed by atoms with van der Waals surface area (Å²) < 4.78 is 48.4. The van der Waals surface area contributed by atoms with Crippen LogP contribution in [-0.4, -0.2) is 24.3 Å². The lowest BCUT2D eigenvalue weighted by atomic mass is 10.1. The molecule has 194 valence electrons. The van der Waals surface area contributed by atoms with Gasteiger partial charge < -0.3 is 9.30 Å². The van der Waals surface area contributed by atoms with Gasteiger partial charge in [0.2, 0.25) is 0 Å². The van der Waals surface area contributed by atoms with Gasteiger partial charge in [-0.05, 0) is 37.3 Å². The zero-order valence-electron chi connectivity index (χ0n) is 19.7. The molecule has 5 aromatic rings. The molecule has 0 bridgehead atoms. The SMILES string of the molecule is Cc1cc(-n2cc(Cl)cn2)c2cccc(OCc3c(Cl)ccnc3Cn3cccc(C(F)(F)F)c3=O)c2n1. The van der Waals surface area contributed by atoms with Crippen molar-refractivity contribution in [2.75, 3.05) is 0 Å². The number of hydrogen-bond donors (Lipinski definition) is 0. The Kier molecular flexibility index (Phi) is 6.85. The van der Waals surface area contributed by atoms with Crippen LogP contribution >= 0.6 is 23.2 Å². The molecule has 0 fully saturated rings. The Morgan fingerprint density at radius 2 is 1.92 bits per heavy atom. The van der Waals surface area contributed by atoms with Crippen molar-refractivity contribution >= 4 is 34.1 Å². The number of rotatable bonds is 6. The molecule has 0 aliphatic carbocycles. The van der Waals surface area contributed by atoms with Gasteiger partial charge in [0, 0.05) is 35.2 Å². The fraction of sp³-hybridized carbons (Fsp3) is 0.154. The summed E-state index contributed by atoms with van der Waals surface area (Å²) in [7, 11) is 0. The van der Waals surface area contributed by atoms with Crippen molar-refractivity contribution in [3.63, 3.8) is 0 Å². The fourth-order valence-corrected chi connectivity index (χ4v) is 4.41. The summed E-state index contributed by atoms with van der Waals surface area (Å²) >= 11 is 12.5. The molecule has 4 aromatic heterocycles. The first kappa shape index (κ1) is 25.7. The highest BCUT2D eigenvalue weighted by molar-refractivity contribution is 6.31. The van der Waals surface area contributed by atoms with Crippen LogP contribution in [-0.2, 0) is 19.3 Å². The molecular weight excluding hydrogens is 542 g/mol. The van der Waals surface area contributed by atoms with E-state index in [2.05, 4.69) is 15.1 Å². The first-order chi connectivity index (χ1) is 18.1. The number of pyridine rings is 3. The van der Waals surface area contributed by atoms with Gasteiger partial charge in [-0.2, -0.15) is 18.3 Å². The monoisotopic (exact) mass is 559 g/mol. The highest BCUT2D eigenvalue weighted by Gasteiger charge is 2.34. The Bertz CT molecular complexity index is 1720. The molecule has 1 aromatic carbocycles. The van der Waals surface area contributed by atoms with Crippen molar-refractivity contribution in [2.45, 2.75) is 26.3 Å². The highest BCUT2D eigenvalue weighted by atomic mass is 35.5. The molecule has 0 amide bonds. The number of alkyl halides is 3. The molecular formula is C26H18Cl2F3N5O2. The topological polar surface area (TPSA) is 74.8 Å². The average molecular weight is 560 g/mol. The van der Waals surface area contributed by atoms with Crippen LogP contribution in [0, 0.1) is 6.92 Å². The minimum atomic E-state index is -4.77. The van der Waals surface area contributed by atoms with Gasteiger partial charge in [0.05, 0.1) is 34.2 Å². The summed E-state index contributed by atoms with van der Waals surface area (Å²) in [4.78, 5) is 21.4. The molecule has 38 heavy (non-hydrogen) atoms. The van der Waals surface area contributed by atoms with Gasteiger partial charge in [0.25, 0.3) is 5.56 Å². The van der Waals surface area contributed by atoms with Crippen molar-refractivity contribution in [1.29, 1.82) is 0 Å². The molecule has 0 saturated carbocycles. The van der Waals surface area contributed by atoms with E-state index >= 15 is 0 Å². The van der Waals surface area contributed by atoms with Crippen molar-refractivity contribution in [3.8, 4) is 11.4 Å². The maximum Gasteiger partial charge on any atom is 0.421 e. The third kappa shape index (κ3) is 5.09. The number of fused-ring (bicyclic) bond motifs is 1. The number of aromatic nitrogens is 5. The van der Waals surface area contributed by atoms with Crippen LogP contribution in [0.4, 0.5) is 13.2 Å². The Hall–Kier alpha value is -3.89. The van der Waals surface area contributed by atoms with E-state index in [0.717, 1.165) is 27.4 Å². The molecule has 0 saturated heterocycles. The zero-order chi connectivity index (χ0) is 27.0. The summed E-state index contributed by atoms with van der Waals surface area (Å²) in [6.45, 7) is 1.56. The molecule has 0 radical (unpaired) electrons. The van der Waals surface area contributed by atoms with Gasteiger partial charge in [-0.3, -0.25) is 9.78 Å². The maximum absolute atomic E-state index is 13.2.